The molecule has 3 rings (SSSR count). The summed E-state index contributed by atoms with van der Waals surface area (Å²) in [5, 5.41) is 1.92. The summed E-state index contributed by atoms with van der Waals surface area (Å²) in [6.45, 7) is 0.951. The van der Waals surface area contributed by atoms with Crippen LogP contribution in [-0.2, 0) is 6.42 Å². The molecule has 1 saturated heterocycles. The molecule has 1 aromatic carbocycles. The van der Waals surface area contributed by atoms with Gasteiger partial charge < -0.3 is 9.64 Å². The van der Waals surface area contributed by atoms with Crippen LogP contribution in [0.3, 0.4) is 0 Å². The predicted molar refractivity (Wildman–Crippen MR) is 92.9 cm³/mol. The molecular weight excluding hydrogens is 389 g/mol. The van der Waals surface area contributed by atoms with E-state index in [2.05, 4.69) is 4.98 Å². The number of hydrogen-bond donors (Lipinski definition) is 0. The van der Waals surface area contributed by atoms with E-state index in [1.54, 1.807) is 29.2 Å². The zero-order chi connectivity index (χ0) is 18.7. The molecular formula is C17H16ClF3N2O2S. The number of rotatable bonds is 4. The first-order chi connectivity index (χ1) is 12.3. The number of likely N-dealkylation sites (tertiary alicyclic amines) is 1. The molecule has 0 atom stereocenters. The second-order valence-electron chi connectivity index (χ2n) is 5.98. The normalized spacial score (nSPS) is 15.9. The third-order valence-electron chi connectivity index (χ3n) is 3.97. The Morgan fingerprint density at radius 3 is 2.54 bits per heavy atom. The molecule has 26 heavy (non-hydrogen) atoms. The highest BCUT2D eigenvalue weighted by atomic mass is 35.5. The van der Waals surface area contributed by atoms with Gasteiger partial charge in [0, 0.05) is 36.3 Å². The monoisotopic (exact) mass is 404 g/mol. The summed E-state index contributed by atoms with van der Waals surface area (Å²) < 4.78 is 43.1. The van der Waals surface area contributed by atoms with Gasteiger partial charge >= 0.3 is 6.18 Å². The van der Waals surface area contributed by atoms with E-state index in [-0.39, 0.29) is 22.7 Å². The predicted octanol–water partition coefficient (Wildman–Crippen LogP) is 4.58. The first kappa shape index (κ1) is 19.0. The second kappa shape index (κ2) is 7.84. The van der Waals surface area contributed by atoms with Gasteiger partial charge in [-0.15, -0.1) is 11.3 Å². The van der Waals surface area contributed by atoms with Crippen LogP contribution in [0.2, 0.25) is 5.02 Å². The molecule has 1 amide bonds. The van der Waals surface area contributed by atoms with Crippen LogP contribution in [0.5, 0.6) is 5.75 Å². The molecule has 140 valence electrons. The van der Waals surface area contributed by atoms with Crippen LogP contribution in [0.1, 0.15) is 28.3 Å². The minimum absolute atomic E-state index is 0.0172. The third kappa shape index (κ3) is 5.11. The van der Waals surface area contributed by atoms with Gasteiger partial charge in [0.15, 0.2) is 0 Å². The Balaban J connectivity index is 1.52. The molecule has 0 radical (unpaired) electrons. The van der Waals surface area contributed by atoms with Crippen LogP contribution in [-0.4, -0.2) is 41.2 Å². The zero-order valence-electron chi connectivity index (χ0n) is 13.6. The van der Waals surface area contributed by atoms with Crippen molar-refractivity contribution < 1.29 is 22.7 Å². The van der Waals surface area contributed by atoms with Crippen LogP contribution in [0.25, 0.3) is 0 Å². The molecule has 4 nitrogen and oxygen atoms in total. The maximum absolute atomic E-state index is 12.4. The number of hydrogen-bond acceptors (Lipinski definition) is 4. The Morgan fingerprint density at radius 2 is 1.92 bits per heavy atom. The highest BCUT2D eigenvalue weighted by Gasteiger charge is 2.31. The van der Waals surface area contributed by atoms with Crippen molar-refractivity contribution in [3.63, 3.8) is 0 Å². The lowest BCUT2D eigenvalue weighted by Gasteiger charge is -2.31. The van der Waals surface area contributed by atoms with Crippen molar-refractivity contribution in [2.45, 2.75) is 31.5 Å². The van der Waals surface area contributed by atoms with Gasteiger partial charge in [-0.25, -0.2) is 4.98 Å². The number of alkyl halides is 3. The van der Waals surface area contributed by atoms with E-state index in [9.17, 15) is 18.0 Å². The lowest BCUT2D eigenvalue weighted by atomic mass is 10.1. The van der Waals surface area contributed by atoms with Crippen molar-refractivity contribution in [2.75, 3.05) is 13.1 Å². The van der Waals surface area contributed by atoms with Gasteiger partial charge in [-0.1, -0.05) is 11.6 Å². The van der Waals surface area contributed by atoms with Crippen molar-refractivity contribution in [3.8, 4) is 5.75 Å². The highest BCUT2D eigenvalue weighted by Crippen LogP contribution is 2.25. The van der Waals surface area contributed by atoms with E-state index in [1.807, 2.05) is 0 Å². The molecule has 0 N–H and O–H groups in total. The lowest BCUT2D eigenvalue weighted by molar-refractivity contribution is -0.127. The molecule has 0 aliphatic carbocycles. The Hall–Kier alpha value is -1.80. The van der Waals surface area contributed by atoms with E-state index < -0.39 is 12.6 Å². The van der Waals surface area contributed by atoms with Gasteiger partial charge in [0.05, 0.1) is 6.42 Å². The van der Waals surface area contributed by atoms with Crippen LogP contribution < -0.4 is 4.74 Å². The second-order valence-corrected chi connectivity index (χ2v) is 7.36. The Kier molecular flexibility index (Phi) is 5.72. The van der Waals surface area contributed by atoms with E-state index >= 15 is 0 Å². The number of thiazole rings is 1. The largest absolute Gasteiger partial charge is 0.490 e. The summed E-state index contributed by atoms with van der Waals surface area (Å²) in [6.07, 6.45) is -4.16. The van der Waals surface area contributed by atoms with Gasteiger partial charge in [-0.05, 0) is 24.3 Å². The number of ether oxygens (including phenoxy) is 1. The number of nitrogens with zero attached hydrogens (tertiary/aromatic N) is 2. The molecule has 1 aliphatic rings. The summed E-state index contributed by atoms with van der Waals surface area (Å²) in [5.41, 5.74) is 0.0753. The summed E-state index contributed by atoms with van der Waals surface area (Å²) in [7, 11) is 0. The maximum atomic E-state index is 12.4. The number of benzene rings is 1. The minimum Gasteiger partial charge on any atom is -0.490 e. The van der Waals surface area contributed by atoms with Gasteiger partial charge in [-0.2, -0.15) is 13.2 Å². The third-order valence-corrected chi connectivity index (χ3v) is 5.07. The van der Waals surface area contributed by atoms with Gasteiger partial charge in [0.2, 0.25) is 0 Å². The average molecular weight is 405 g/mol. The van der Waals surface area contributed by atoms with Gasteiger partial charge in [0.25, 0.3) is 5.91 Å². The average Bonchev–Trinajstić information content (AvgIpc) is 3.03. The molecule has 1 aromatic heterocycles. The molecule has 0 bridgehead atoms. The SMILES string of the molecule is O=C(c1csc(CC(F)(F)F)n1)N1CCC(Oc2ccc(Cl)cc2)CC1. The molecule has 1 aliphatic heterocycles. The van der Waals surface area contributed by atoms with E-state index in [4.69, 9.17) is 16.3 Å². The number of carbonyl (C=O) groups is 1. The number of piperidine rings is 1. The quantitative estimate of drug-likeness (QED) is 0.748. The summed E-state index contributed by atoms with van der Waals surface area (Å²) in [5.74, 6) is 0.384. The molecule has 2 heterocycles. The van der Waals surface area contributed by atoms with Crippen LogP contribution in [0.15, 0.2) is 29.6 Å². The summed E-state index contributed by atoms with van der Waals surface area (Å²) >= 11 is 6.69. The van der Waals surface area contributed by atoms with Crippen molar-refractivity contribution in [1.82, 2.24) is 9.88 Å². The summed E-state index contributed by atoms with van der Waals surface area (Å²) in [6, 6.07) is 7.07. The zero-order valence-corrected chi connectivity index (χ0v) is 15.2. The van der Waals surface area contributed by atoms with Crippen LogP contribution in [0, 0.1) is 0 Å². The summed E-state index contributed by atoms with van der Waals surface area (Å²) in [4.78, 5) is 17.8. The Labute approximate surface area is 157 Å². The first-order valence-corrected chi connectivity index (χ1v) is 9.28. The van der Waals surface area contributed by atoms with Gasteiger partial charge in [-0.3, -0.25) is 4.79 Å². The molecule has 0 spiro atoms. The highest BCUT2D eigenvalue weighted by molar-refractivity contribution is 7.09. The number of halogens is 4. The van der Waals surface area contributed by atoms with Crippen molar-refractivity contribution in [1.29, 1.82) is 0 Å². The van der Waals surface area contributed by atoms with Crippen LogP contribution >= 0.6 is 22.9 Å². The smallest absolute Gasteiger partial charge is 0.395 e. The molecule has 0 saturated carbocycles. The Morgan fingerprint density at radius 1 is 1.27 bits per heavy atom. The Bertz CT molecular complexity index is 756. The van der Waals surface area contributed by atoms with Gasteiger partial charge in [0.1, 0.15) is 22.6 Å². The molecule has 9 heteroatoms. The topological polar surface area (TPSA) is 42.4 Å². The fourth-order valence-corrected chi connectivity index (χ4v) is 3.63. The number of amides is 1. The maximum Gasteiger partial charge on any atom is 0.395 e. The van der Waals surface area contributed by atoms with E-state index in [0.717, 1.165) is 17.1 Å². The number of carbonyl (C=O) groups excluding carboxylic acids is 1. The fourth-order valence-electron chi connectivity index (χ4n) is 2.71. The standard InChI is InChI=1S/C17H16ClF3N2O2S/c18-11-1-3-12(4-2-11)25-13-5-7-23(8-6-13)16(24)14-10-26-15(22-14)9-17(19,20)21/h1-4,10,13H,5-9H2. The fraction of sp³-hybridized carbons (Fsp3) is 0.412. The molecule has 2 aromatic rings. The first-order valence-electron chi connectivity index (χ1n) is 8.03. The molecule has 0 unspecified atom stereocenters. The van der Waals surface area contributed by atoms with E-state index in [0.29, 0.717) is 31.0 Å². The van der Waals surface area contributed by atoms with Crippen molar-refractivity contribution in [3.05, 3.63) is 45.4 Å². The number of aromatic nitrogens is 1. The van der Waals surface area contributed by atoms with Crippen LogP contribution in [0.4, 0.5) is 13.2 Å². The minimum atomic E-state index is -4.32. The van der Waals surface area contributed by atoms with Crippen molar-refractivity contribution >= 4 is 28.8 Å². The lowest BCUT2D eigenvalue weighted by Crippen LogP contribution is -2.41. The van der Waals surface area contributed by atoms with E-state index in [1.165, 1.54) is 5.38 Å². The molecule has 1 fully saturated rings. The van der Waals surface area contributed by atoms with Crippen molar-refractivity contribution in [2.24, 2.45) is 0 Å².